The Morgan fingerprint density at radius 1 is 1.35 bits per heavy atom. The molecule has 1 amide bonds. The number of nitrogens with two attached hydrogens (primary N) is 2. The summed E-state index contributed by atoms with van der Waals surface area (Å²) in [5.41, 5.74) is 10.6. The fourth-order valence-electron chi connectivity index (χ4n) is 1.39. The van der Waals surface area contributed by atoms with Gasteiger partial charge in [0.2, 0.25) is 15.9 Å². The largest absolute Gasteiger partial charge is 0.465 e. The first-order valence-electron chi connectivity index (χ1n) is 5.48. The Bertz CT molecular complexity index is 641. The highest BCUT2D eigenvalue weighted by atomic mass is 32.2. The maximum absolute atomic E-state index is 12.0. The average Bonchev–Trinajstić information content (AvgIpc) is 2.36. The zero-order chi connectivity index (χ0) is 15.5. The van der Waals surface area contributed by atoms with Crippen LogP contribution in [0, 0.1) is 0 Å². The van der Waals surface area contributed by atoms with E-state index >= 15 is 0 Å². The molecular formula is C11H15N3O5S. The van der Waals surface area contributed by atoms with Crippen molar-refractivity contribution in [1.29, 1.82) is 0 Å². The van der Waals surface area contributed by atoms with Crippen LogP contribution in [-0.2, 0) is 19.6 Å². The highest BCUT2D eigenvalue weighted by Gasteiger charge is 2.23. The molecule has 0 spiro atoms. The number of benzene rings is 1. The highest BCUT2D eigenvalue weighted by Crippen LogP contribution is 2.20. The molecule has 0 fully saturated rings. The van der Waals surface area contributed by atoms with E-state index in [1.807, 2.05) is 0 Å². The van der Waals surface area contributed by atoms with Crippen LogP contribution in [0.15, 0.2) is 23.1 Å². The fourth-order valence-corrected chi connectivity index (χ4v) is 2.72. The first kappa shape index (κ1) is 15.9. The van der Waals surface area contributed by atoms with Gasteiger partial charge in [-0.3, -0.25) is 4.79 Å². The predicted octanol–water partition coefficient (Wildman–Crippen LogP) is -0.792. The molecule has 0 heterocycles. The molecule has 0 aliphatic rings. The number of carbonyl (C=O) groups excluding carboxylic acids is 2. The number of esters is 1. The number of primary amides is 1. The number of anilines is 1. The summed E-state index contributed by atoms with van der Waals surface area (Å²) >= 11 is 0. The van der Waals surface area contributed by atoms with E-state index in [2.05, 4.69) is 9.46 Å². The van der Waals surface area contributed by atoms with Crippen LogP contribution >= 0.6 is 0 Å². The minimum Gasteiger partial charge on any atom is -0.465 e. The van der Waals surface area contributed by atoms with Gasteiger partial charge in [-0.15, -0.1) is 0 Å². The van der Waals surface area contributed by atoms with E-state index in [1.54, 1.807) is 0 Å². The van der Waals surface area contributed by atoms with Gasteiger partial charge >= 0.3 is 5.97 Å². The Morgan fingerprint density at radius 2 is 1.95 bits per heavy atom. The van der Waals surface area contributed by atoms with Gasteiger partial charge in [0.1, 0.15) is 4.90 Å². The van der Waals surface area contributed by atoms with Gasteiger partial charge in [0.05, 0.1) is 24.4 Å². The molecule has 110 valence electrons. The number of hydrogen-bond acceptors (Lipinski definition) is 6. The fraction of sp³-hybridized carbons (Fsp3) is 0.273. The second-order valence-corrected chi connectivity index (χ2v) is 5.67. The Morgan fingerprint density at radius 3 is 2.40 bits per heavy atom. The average molecular weight is 301 g/mol. The van der Waals surface area contributed by atoms with Gasteiger partial charge in [0, 0.05) is 0 Å². The van der Waals surface area contributed by atoms with Crippen molar-refractivity contribution in [2.75, 3.05) is 12.8 Å². The second-order valence-electron chi connectivity index (χ2n) is 3.99. The van der Waals surface area contributed by atoms with E-state index in [-0.39, 0.29) is 16.1 Å². The van der Waals surface area contributed by atoms with Gasteiger partial charge in [-0.25, -0.2) is 13.2 Å². The molecule has 0 aliphatic heterocycles. The number of methoxy groups -OCH3 is 1. The molecular weight excluding hydrogens is 286 g/mol. The number of ether oxygens (including phenoxy) is 1. The monoisotopic (exact) mass is 301 g/mol. The van der Waals surface area contributed by atoms with E-state index in [4.69, 9.17) is 11.5 Å². The van der Waals surface area contributed by atoms with Crippen molar-refractivity contribution in [3.05, 3.63) is 23.8 Å². The van der Waals surface area contributed by atoms with Crippen molar-refractivity contribution in [1.82, 2.24) is 4.72 Å². The van der Waals surface area contributed by atoms with Gasteiger partial charge in [-0.05, 0) is 25.1 Å². The summed E-state index contributed by atoms with van der Waals surface area (Å²) in [7, 11) is -2.82. The molecule has 8 nitrogen and oxygen atoms in total. The lowest BCUT2D eigenvalue weighted by Crippen LogP contribution is -2.42. The van der Waals surface area contributed by atoms with E-state index in [1.165, 1.54) is 26.2 Å². The Hall–Kier alpha value is -2.13. The lowest BCUT2D eigenvalue weighted by atomic mass is 10.2. The summed E-state index contributed by atoms with van der Waals surface area (Å²) in [5.74, 6) is -1.46. The first-order valence-corrected chi connectivity index (χ1v) is 6.97. The molecule has 20 heavy (non-hydrogen) atoms. The molecule has 0 saturated carbocycles. The molecule has 1 aromatic carbocycles. The summed E-state index contributed by atoms with van der Waals surface area (Å²) < 4.78 is 30.6. The third-order valence-electron chi connectivity index (χ3n) is 2.48. The molecule has 1 unspecified atom stereocenters. The molecule has 1 atom stereocenters. The zero-order valence-corrected chi connectivity index (χ0v) is 11.7. The van der Waals surface area contributed by atoms with Crippen molar-refractivity contribution in [2.45, 2.75) is 17.9 Å². The zero-order valence-electron chi connectivity index (χ0n) is 10.9. The SMILES string of the molecule is COC(=O)c1ccc(S(=O)(=O)NC(C)C(N)=O)c(N)c1. The summed E-state index contributed by atoms with van der Waals surface area (Å²) in [6.45, 7) is 1.30. The van der Waals surface area contributed by atoms with Crippen molar-refractivity contribution < 1.29 is 22.7 Å². The maximum Gasteiger partial charge on any atom is 0.337 e. The summed E-state index contributed by atoms with van der Waals surface area (Å²) in [6.07, 6.45) is 0. The first-order chi connectivity index (χ1) is 9.19. The minimum absolute atomic E-state index is 0.117. The van der Waals surface area contributed by atoms with Crippen LogP contribution in [0.25, 0.3) is 0 Å². The van der Waals surface area contributed by atoms with Crippen molar-refractivity contribution >= 4 is 27.6 Å². The Balaban J connectivity index is 3.14. The van der Waals surface area contributed by atoms with Gasteiger partial charge in [0.15, 0.2) is 0 Å². The maximum atomic E-state index is 12.0. The van der Waals surface area contributed by atoms with Crippen molar-refractivity contribution in [3.63, 3.8) is 0 Å². The number of rotatable bonds is 5. The predicted molar refractivity (Wildman–Crippen MR) is 71.2 cm³/mol. The van der Waals surface area contributed by atoms with Crippen LogP contribution in [0.5, 0.6) is 0 Å². The molecule has 5 N–H and O–H groups in total. The third kappa shape index (κ3) is 3.45. The van der Waals surface area contributed by atoms with Crippen LogP contribution in [0.4, 0.5) is 5.69 Å². The van der Waals surface area contributed by atoms with Gasteiger partial charge in [-0.1, -0.05) is 0 Å². The van der Waals surface area contributed by atoms with Crippen molar-refractivity contribution in [2.24, 2.45) is 5.73 Å². The van der Waals surface area contributed by atoms with E-state index < -0.39 is 27.9 Å². The van der Waals surface area contributed by atoms with Gasteiger partial charge < -0.3 is 16.2 Å². The lowest BCUT2D eigenvalue weighted by Gasteiger charge is -2.13. The summed E-state index contributed by atoms with van der Waals surface area (Å²) in [4.78, 5) is 21.9. The number of sulfonamides is 1. The van der Waals surface area contributed by atoms with Crippen molar-refractivity contribution in [3.8, 4) is 0 Å². The van der Waals surface area contributed by atoms with E-state index in [9.17, 15) is 18.0 Å². The number of nitrogens with one attached hydrogen (secondary N) is 1. The van der Waals surface area contributed by atoms with Crippen LogP contribution in [-0.4, -0.2) is 33.4 Å². The van der Waals surface area contributed by atoms with E-state index in [0.29, 0.717) is 0 Å². The lowest BCUT2D eigenvalue weighted by molar-refractivity contribution is -0.119. The smallest absolute Gasteiger partial charge is 0.337 e. The third-order valence-corrected chi connectivity index (χ3v) is 4.09. The molecule has 1 aromatic rings. The topological polar surface area (TPSA) is 142 Å². The van der Waals surface area contributed by atoms with Gasteiger partial charge in [-0.2, -0.15) is 4.72 Å². The Labute approximate surface area is 116 Å². The number of nitrogen functional groups attached to an aromatic ring is 1. The summed E-state index contributed by atoms with van der Waals surface area (Å²) in [5, 5.41) is 0. The van der Waals surface area contributed by atoms with Crippen LogP contribution in [0.2, 0.25) is 0 Å². The van der Waals surface area contributed by atoms with Gasteiger partial charge in [0.25, 0.3) is 0 Å². The number of amides is 1. The molecule has 0 aliphatic carbocycles. The molecule has 0 radical (unpaired) electrons. The molecule has 9 heteroatoms. The highest BCUT2D eigenvalue weighted by molar-refractivity contribution is 7.89. The number of hydrogen-bond donors (Lipinski definition) is 3. The molecule has 0 bridgehead atoms. The van der Waals surface area contributed by atoms with Crippen LogP contribution in [0.1, 0.15) is 17.3 Å². The molecule has 1 rings (SSSR count). The minimum atomic E-state index is -4.01. The van der Waals surface area contributed by atoms with Crippen LogP contribution in [0.3, 0.4) is 0 Å². The number of carbonyl (C=O) groups is 2. The molecule has 0 aromatic heterocycles. The van der Waals surface area contributed by atoms with Crippen LogP contribution < -0.4 is 16.2 Å². The second kappa shape index (κ2) is 5.88. The normalized spacial score (nSPS) is 12.7. The Kier molecular flexibility index (Phi) is 4.69. The quantitative estimate of drug-likeness (QED) is 0.480. The summed E-state index contributed by atoms with van der Waals surface area (Å²) in [6, 6.07) is 2.50. The van der Waals surface area contributed by atoms with E-state index in [0.717, 1.165) is 6.07 Å². The standard InChI is InChI=1S/C11H15N3O5S/c1-6(10(13)15)14-20(17,18)9-4-3-7(5-8(9)12)11(16)19-2/h3-6,14H,12H2,1-2H3,(H2,13,15). The molecule has 0 saturated heterocycles.